The third-order valence-electron chi connectivity index (χ3n) is 3.45. The molecule has 2 N–H and O–H groups in total. The highest BCUT2D eigenvalue weighted by Crippen LogP contribution is 2.18. The number of nitrogens with one attached hydrogen (secondary N) is 1. The molecule has 0 aliphatic rings. The first-order chi connectivity index (χ1) is 12.6. The fourth-order valence-corrected chi connectivity index (χ4v) is 2.08. The van der Waals surface area contributed by atoms with E-state index in [1.54, 1.807) is 24.3 Å². The summed E-state index contributed by atoms with van der Waals surface area (Å²) in [6.45, 7) is -0.386. The molecule has 7 nitrogen and oxygen atoms in total. The minimum atomic E-state index is -1.11. The smallest absolute Gasteiger partial charge is 0.330 e. The first-order valence-corrected chi connectivity index (χ1v) is 8.00. The number of hydrogen-bond acceptors (Lipinski definition) is 6. The number of benzene rings is 2. The van der Waals surface area contributed by atoms with E-state index in [0.29, 0.717) is 18.1 Å². The van der Waals surface area contributed by atoms with Gasteiger partial charge < -0.3 is 24.6 Å². The van der Waals surface area contributed by atoms with Gasteiger partial charge in [-0.3, -0.25) is 4.79 Å². The van der Waals surface area contributed by atoms with Crippen molar-refractivity contribution in [2.24, 2.45) is 0 Å². The number of carbonyl (C=O) groups excluding carboxylic acids is 2. The van der Waals surface area contributed by atoms with E-state index < -0.39 is 24.5 Å². The number of esters is 1. The van der Waals surface area contributed by atoms with Gasteiger partial charge in [0.2, 0.25) is 0 Å². The number of aliphatic hydroxyl groups excluding tert-OH is 1. The van der Waals surface area contributed by atoms with Crippen LogP contribution in [-0.2, 0) is 20.9 Å². The van der Waals surface area contributed by atoms with Gasteiger partial charge in [-0.15, -0.1) is 0 Å². The van der Waals surface area contributed by atoms with Crippen molar-refractivity contribution in [1.82, 2.24) is 5.32 Å². The molecule has 1 atom stereocenters. The number of ether oxygens (including phenoxy) is 3. The molecule has 26 heavy (non-hydrogen) atoms. The van der Waals surface area contributed by atoms with Crippen LogP contribution in [0.25, 0.3) is 0 Å². The van der Waals surface area contributed by atoms with Crippen molar-refractivity contribution >= 4 is 11.9 Å². The summed E-state index contributed by atoms with van der Waals surface area (Å²) in [6, 6.07) is 15.5. The Morgan fingerprint density at radius 2 is 1.62 bits per heavy atom. The van der Waals surface area contributed by atoms with Crippen molar-refractivity contribution in [1.29, 1.82) is 0 Å². The summed E-state index contributed by atoms with van der Waals surface area (Å²) < 4.78 is 15.5. The van der Waals surface area contributed by atoms with Crippen molar-refractivity contribution in [3.63, 3.8) is 0 Å². The molecule has 0 aromatic heterocycles. The van der Waals surface area contributed by atoms with Crippen molar-refractivity contribution in [3.05, 3.63) is 60.2 Å². The molecule has 0 radical (unpaired) electrons. The Labute approximate surface area is 151 Å². The summed E-state index contributed by atoms with van der Waals surface area (Å²) in [7, 11) is 1.18. The molecule has 0 fully saturated rings. The number of hydrogen-bond donors (Lipinski definition) is 2. The van der Waals surface area contributed by atoms with Crippen LogP contribution in [-0.4, -0.2) is 43.3 Å². The summed E-state index contributed by atoms with van der Waals surface area (Å²) in [5.41, 5.74) is 1.06. The molecule has 0 saturated carbocycles. The Balaban J connectivity index is 1.78. The van der Waals surface area contributed by atoms with Gasteiger partial charge in [0.15, 0.2) is 12.6 Å². The molecule has 0 spiro atoms. The summed E-state index contributed by atoms with van der Waals surface area (Å²) in [6.07, 6.45) is 0. The fraction of sp³-hybridized carbons (Fsp3) is 0.263. The molecule has 0 unspecified atom stereocenters. The number of carbonyl (C=O) groups is 2. The maximum Gasteiger partial charge on any atom is 0.330 e. The van der Waals surface area contributed by atoms with E-state index in [1.165, 1.54) is 7.11 Å². The third kappa shape index (κ3) is 6.10. The Bertz CT molecular complexity index is 702. The summed E-state index contributed by atoms with van der Waals surface area (Å²) >= 11 is 0. The second kappa shape index (κ2) is 10.0. The second-order valence-corrected chi connectivity index (χ2v) is 5.36. The molecule has 0 saturated heterocycles. The van der Waals surface area contributed by atoms with Crippen LogP contribution in [0.3, 0.4) is 0 Å². The highest BCUT2D eigenvalue weighted by Gasteiger charge is 2.20. The van der Waals surface area contributed by atoms with Crippen molar-refractivity contribution in [2.45, 2.75) is 12.6 Å². The molecular weight excluding hydrogens is 338 g/mol. The number of amides is 1. The molecule has 1 amide bonds. The van der Waals surface area contributed by atoms with E-state index in [2.05, 4.69) is 10.1 Å². The van der Waals surface area contributed by atoms with Gasteiger partial charge in [-0.25, -0.2) is 4.79 Å². The van der Waals surface area contributed by atoms with E-state index in [9.17, 15) is 9.59 Å². The largest absolute Gasteiger partial charge is 0.489 e. The SMILES string of the molecule is COC(=O)[C@H](CO)NC(=O)COc1ccc(OCc2ccccc2)cc1. The molecular formula is C19H21NO6. The number of rotatable bonds is 9. The normalized spacial score (nSPS) is 11.3. The monoisotopic (exact) mass is 359 g/mol. The molecule has 138 valence electrons. The first-order valence-electron chi connectivity index (χ1n) is 8.00. The molecule has 0 aliphatic carbocycles. The van der Waals surface area contributed by atoms with Crippen LogP contribution >= 0.6 is 0 Å². The topological polar surface area (TPSA) is 94.1 Å². The minimum absolute atomic E-state index is 0.294. The number of aliphatic hydroxyl groups is 1. The molecule has 7 heteroatoms. The maximum absolute atomic E-state index is 11.8. The lowest BCUT2D eigenvalue weighted by molar-refractivity contribution is -0.146. The van der Waals surface area contributed by atoms with Crippen LogP contribution in [0.5, 0.6) is 11.5 Å². The average molecular weight is 359 g/mol. The van der Waals surface area contributed by atoms with Crippen LogP contribution in [0, 0.1) is 0 Å². The summed E-state index contributed by atoms with van der Waals surface area (Å²) in [4.78, 5) is 23.1. The Kier molecular flexibility index (Phi) is 7.45. The van der Waals surface area contributed by atoms with Crippen LogP contribution in [0.15, 0.2) is 54.6 Å². The first kappa shape index (κ1) is 19.3. The molecule has 0 bridgehead atoms. The zero-order valence-electron chi connectivity index (χ0n) is 14.4. The highest BCUT2D eigenvalue weighted by molar-refractivity contribution is 5.85. The lowest BCUT2D eigenvalue weighted by Gasteiger charge is -2.14. The lowest BCUT2D eigenvalue weighted by atomic mass is 10.2. The van der Waals surface area contributed by atoms with E-state index in [-0.39, 0.29) is 6.61 Å². The predicted octanol–water partition coefficient (Wildman–Crippen LogP) is 1.29. The van der Waals surface area contributed by atoms with Crippen LogP contribution < -0.4 is 14.8 Å². The molecule has 2 rings (SSSR count). The van der Waals surface area contributed by atoms with Crippen LogP contribution in [0.2, 0.25) is 0 Å². The predicted molar refractivity (Wildman–Crippen MR) is 93.7 cm³/mol. The Hall–Kier alpha value is -3.06. The van der Waals surface area contributed by atoms with E-state index in [1.807, 2.05) is 30.3 Å². The van der Waals surface area contributed by atoms with E-state index >= 15 is 0 Å². The summed E-state index contributed by atoms with van der Waals surface area (Å²) in [5.74, 6) is -0.109. The zero-order chi connectivity index (χ0) is 18.8. The van der Waals surface area contributed by atoms with Gasteiger partial charge in [-0.1, -0.05) is 30.3 Å². The van der Waals surface area contributed by atoms with Crippen molar-refractivity contribution in [3.8, 4) is 11.5 Å². The fourth-order valence-electron chi connectivity index (χ4n) is 2.08. The number of methoxy groups -OCH3 is 1. The maximum atomic E-state index is 11.8. The van der Waals surface area contributed by atoms with Crippen molar-refractivity contribution in [2.75, 3.05) is 20.3 Å². The molecule has 0 heterocycles. The zero-order valence-corrected chi connectivity index (χ0v) is 14.4. The summed E-state index contributed by atoms with van der Waals surface area (Å²) in [5, 5.41) is 11.4. The minimum Gasteiger partial charge on any atom is -0.489 e. The Morgan fingerprint density at radius 3 is 2.19 bits per heavy atom. The van der Waals surface area contributed by atoms with Gasteiger partial charge in [0.25, 0.3) is 5.91 Å². The van der Waals surface area contributed by atoms with Gasteiger partial charge in [0.05, 0.1) is 13.7 Å². The van der Waals surface area contributed by atoms with Gasteiger partial charge in [-0.2, -0.15) is 0 Å². The average Bonchev–Trinajstić information content (AvgIpc) is 2.69. The standard InChI is InChI=1S/C19H21NO6/c1-24-19(23)17(11-21)20-18(22)13-26-16-9-7-15(8-10-16)25-12-14-5-3-2-4-6-14/h2-10,17,21H,11-13H2,1H3,(H,20,22)/t17-/m0/s1. The van der Waals surface area contributed by atoms with Gasteiger partial charge in [-0.05, 0) is 29.8 Å². The lowest BCUT2D eigenvalue weighted by Crippen LogP contribution is -2.45. The van der Waals surface area contributed by atoms with Gasteiger partial charge >= 0.3 is 5.97 Å². The molecule has 2 aromatic carbocycles. The quantitative estimate of drug-likeness (QED) is 0.656. The highest BCUT2D eigenvalue weighted by atomic mass is 16.5. The van der Waals surface area contributed by atoms with E-state index in [4.69, 9.17) is 14.6 Å². The van der Waals surface area contributed by atoms with Gasteiger partial charge in [0, 0.05) is 0 Å². The van der Waals surface area contributed by atoms with Crippen molar-refractivity contribution < 1.29 is 28.9 Å². The van der Waals surface area contributed by atoms with E-state index in [0.717, 1.165) is 5.56 Å². The Morgan fingerprint density at radius 1 is 1.00 bits per heavy atom. The second-order valence-electron chi connectivity index (χ2n) is 5.36. The van der Waals surface area contributed by atoms with Crippen LogP contribution in [0.1, 0.15) is 5.56 Å². The van der Waals surface area contributed by atoms with Crippen LogP contribution in [0.4, 0.5) is 0 Å². The van der Waals surface area contributed by atoms with Gasteiger partial charge in [0.1, 0.15) is 18.1 Å². The molecule has 0 aliphatic heterocycles. The third-order valence-corrected chi connectivity index (χ3v) is 3.45. The molecule has 2 aromatic rings.